The van der Waals surface area contributed by atoms with Crippen molar-refractivity contribution in [3.63, 3.8) is 0 Å². The van der Waals surface area contributed by atoms with E-state index in [0.717, 1.165) is 31.6 Å². The van der Waals surface area contributed by atoms with Gasteiger partial charge < -0.3 is 21.1 Å². The highest BCUT2D eigenvalue weighted by Gasteiger charge is 2.24. The summed E-state index contributed by atoms with van der Waals surface area (Å²) in [5.74, 6) is 0.239. The van der Waals surface area contributed by atoms with Gasteiger partial charge >= 0.3 is 11.7 Å². The predicted octanol–water partition coefficient (Wildman–Crippen LogP) is -0.436. The van der Waals surface area contributed by atoms with Crippen molar-refractivity contribution in [3.05, 3.63) is 52.6 Å². The number of nitrogens with zero attached hydrogens (tertiary/aromatic N) is 4. The fraction of sp³-hybridized carbons (Fsp3) is 0.476. The van der Waals surface area contributed by atoms with Crippen LogP contribution in [0.15, 0.2) is 41.3 Å². The van der Waals surface area contributed by atoms with Crippen LogP contribution in [-0.2, 0) is 6.54 Å². The summed E-state index contributed by atoms with van der Waals surface area (Å²) in [6.07, 6.45) is 1.89. The molecule has 2 fully saturated rings. The number of aliphatic hydroxyl groups excluding tert-OH is 1. The molecule has 5 N–H and O–H groups in total. The second-order valence-corrected chi connectivity index (χ2v) is 8.05. The van der Waals surface area contributed by atoms with E-state index in [1.807, 2.05) is 24.3 Å². The molecule has 2 amide bonds. The number of anilines is 1. The molecule has 0 spiro atoms. The van der Waals surface area contributed by atoms with Gasteiger partial charge in [0, 0.05) is 58.1 Å². The van der Waals surface area contributed by atoms with E-state index in [2.05, 4.69) is 20.5 Å². The lowest BCUT2D eigenvalue weighted by molar-refractivity contribution is 0.0499. The van der Waals surface area contributed by atoms with E-state index in [4.69, 9.17) is 5.73 Å². The molecule has 2 atom stereocenters. The van der Waals surface area contributed by atoms with Crippen molar-refractivity contribution in [1.82, 2.24) is 24.7 Å². The molecule has 1 aromatic carbocycles. The number of benzene rings is 1. The highest BCUT2D eigenvalue weighted by molar-refractivity contribution is 5.88. The monoisotopic (exact) mass is 427 g/mol. The third kappa shape index (κ3) is 5.28. The van der Waals surface area contributed by atoms with Crippen LogP contribution in [0.1, 0.15) is 12.0 Å². The van der Waals surface area contributed by atoms with Gasteiger partial charge in [-0.3, -0.25) is 14.8 Å². The fourth-order valence-corrected chi connectivity index (χ4v) is 3.90. The lowest BCUT2D eigenvalue weighted by Crippen LogP contribution is -2.50. The first-order valence-corrected chi connectivity index (χ1v) is 10.6. The quantitative estimate of drug-likeness (QED) is 0.521. The molecule has 1 aromatic heterocycles. The molecule has 31 heavy (non-hydrogen) atoms. The topological polar surface area (TPSA) is 129 Å². The average molecular weight is 428 g/mol. The molecule has 0 aliphatic carbocycles. The van der Waals surface area contributed by atoms with Crippen molar-refractivity contribution >= 4 is 11.8 Å². The number of piperazine rings is 1. The SMILES string of the molecule is N[C@@H]1CCN(Cc2ccc(-n3ccc(NC(=O)N4CCNCC4)nc3=O)cc2)C[C@@H]1O. The number of urea groups is 1. The molecule has 0 saturated carbocycles. The molecule has 166 valence electrons. The van der Waals surface area contributed by atoms with E-state index in [-0.39, 0.29) is 17.9 Å². The number of aromatic nitrogens is 2. The number of hydrogen-bond donors (Lipinski definition) is 4. The standard InChI is InChI=1S/C21H29N7O3/c22-17-5-9-26(14-18(17)29)13-15-1-3-16(4-2-15)28-10-6-19(25-21(28)31)24-20(30)27-11-7-23-8-12-27/h1-4,6,10,17-18,23,29H,5,7-9,11-14,22H2,(H,24,25,30,31)/t17-,18+/m1/s1. The van der Waals surface area contributed by atoms with Crippen LogP contribution in [0.3, 0.4) is 0 Å². The number of carbonyl (C=O) groups is 1. The second kappa shape index (κ2) is 9.56. The average Bonchev–Trinajstić information content (AvgIpc) is 2.78. The van der Waals surface area contributed by atoms with Crippen molar-refractivity contribution < 1.29 is 9.90 Å². The van der Waals surface area contributed by atoms with Gasteiger partial charge in [0.15, 0.2) is 0 Å². The minimum Gasteiger partial charge on any atom is -0.390 e. The van der Waals surface area contributed by atoms with Gasteiger partial charge in [-0.25, -0.2) is 9.59 Å². The van der Waals surface area contributed by atoms with Crippen LogP contribution in [0, 0.1) is 0 Å². The summed E-state index contributed by atoms with van der Waals surface area (Å²) in [5.41, 5.74) is 7.19. The molecule has 0 bridgehead atoms. The van der Waals surface area contributed by atoms with E-state index in [9.17, 15) is 14.7 Å². The largest absolute Gasteiger partial charge is 0.390 e. The zero-order valence-corrected chi connectivity index (χ0v) is 17.4. The number of aliphatic hydroxyl groups is 1. The minimum absolute atomic E-state index is 0.150. The predicted molar refractivity (Wildman–Crippen MR) is 117 cm³/mol. The van der Waals surface area contributed by atoms with Gasteiger partial charge in [0.2, 0.25) is 0 Å². The van der Waals surface area contributed by atoms with Crippen LogP contribution in [0.25, 0.3) is 5.69 Å². The Morgan fingerprint density at radius 1 is 1.19 bits per heavy atom. The third-order valence-electron chi connectivity index (χ3n) is 5.78. The summed E-state index contributed by atoms with van der Waals surface area (Å²) in [6, 6.07) is 8.87. The van der Waals surface area contributed by atoms with Crippen LogP contribution >= 0.6 is 0 Å². The number of carbonyl (C=O) groups excluding carboxylic acids is 1. The van der Waals surface area contributed by atoms with Gasteiger partial charge in [-0.2, -0.15) is 4.98 Å². The molecule has 0 radical (unpaired) electrons. The Balaban J connectivity index is 1.39. The number of hydrogen-bond acceptors (Lipinski definition) is 7. The molecular weight excluding hydrogens is 398 g/mol. The number of amides is 2. The van der Waals surface area contributed by atoms with Gasteiger partial charge in [-0.1, -0.05) is 12.1 Å². The Hall–Kier alpha value is -2.79. The van der Waals surface area contributed by atoms with E-state index in [1.165, 1.54) is 4.57 Å². The maximum absolute atomic E-state index is 12.5. The molecule has 3 heterocycles. The minimum atomic E-state index is -0.497. The summed E-state index contributed by atoms with van der Waals surface area (Å²) >= 11 is 0. The summed E-state index contributed by atoms with van der Waals surface area (Å²) in [6.45, 7) is 4.89. The highest BCUT2D eigenvalue weighted by atomic mass is 16.3. The van der Waals surface area contributed by atoms with Crippen LogP contribution < -0.4 is 22.1 Å². The first kappa shape index (κ1) is 21.4. The van der Waals surface area contributed by atoms with Gasteiger partial charge in [-0.05, 0) is 30.2 Å². The number of β-amino-alcohol motifs (C(OH)–C–C–N with tert-alkyl or cyclic N) is 1. The Kier molecular flexibility index (Phi) is 6.62. The molecule has 2 saturated heterocycles. The van der Waals surface area contributed by atoms with E-state index >= 15 is 0 Å². The third-order valence-corrected chi connectivity index (χ3v) is 5.78. The zero-order valence-electron chi connectivity index (χ0n) is 17.4. The molecular formula is C21H29N7O3. The van der Waals surface area contributed by atoms with Gasteiger partial charge in [-0.15, -0.1) is 0 Å². The maximum atomic E-state index is 12.5. The van der Waals surface area contributed by atoms with E-state index < -0.39 is 11.8 Å². The van der Waals surface area contributed by atoms with Gasteiger partial charge in [0.25, 0.3) is 0 Å². The first-order valence-electron chi connectivity index (χ1n) is 10.6. The number of piperidine rings is 1. The van der Waals surface area contributed by atoms with Crippen molar-refractivity contribution in [1.29, 1.82) is 0 Å². The zero-order chi connectivity index (χ0) is 21.8. The van der Waals surface area contributed by atoms with E-state index in [0.29, 0.717) is 31.9 Å². The van der Waals surface area contributed by atoms with Crippen LogP contribution in [0.2, 0.25) is 0 Å². The normalized spacial score (nSPS) is 22.3. The van der Waals surface area contributed by atoms with Crippen molar-refractivity contribution in [2.45, 2.75) is 25.1 Å². The molecule has 2 aliphatic rings. The van der Waals surface area contributed by atoms with Crippen LogP contribution in [0.5, 0.6) is 0 Å². The fourth-order valence-electron chi connectivity index (χ4n) is 3.90. The summed E-state index contributed by atoms with van der Waals surface area (Å²) in [4.78, 5) is 32.6. The Morgan fingerprint density at radius 2 is 1.94 bits per heavy atom. The van der Waals surface area contributed by atoms with Crippen LogP contribution in [-0.4, -0.2) is 81.9 Å². The number of nitrogens with two attached hydrogens (primary N) is 1. The molecule has 2 aromatic rings. The molecule has 0 unspecified atom stereocenters. The number of nitrogens with one attached hydrogen (secondary N) is 2. The van der Waals surface area contributed by atoms with Gasteiger partial charge in [0.05, 0.1) is 11.8 Å². The Labute approximate surface area is 180 Å². The van der Waals surface area contributed by atoms with E-state index in [1.54, 1.807) is 17.2 Å². The van der Waals surface area contributed by atoms with Crippen LogP contribution in [0.4, 0.5) is 10.6 Å². The summed E-state index contributed by atoms with van der Waals surface area (Å²) in [5, 5.41) is 15.8. The van der Waals surface area contributed by atoms with Crippen molar-refractivity contribution in [2.24, 2.45) is 5.73 Å². The number of likely N-dealkylation sites (tertiary alicyclic amines) is 1. The lowest BCUT2D eigenvalue weighted by atomic mass is 10.0. The molecule has 4 rings (SSSR count). The van der Waals surface area contributed by atoms with Crippen molar-refractivity contribution in [2.75, 3.05) is 44.6 Å². The maximum Gasteiger partial charge on any atom is 0.354 e. The molecule has 10 nitrogen and oxygen atoms in total. The Morgan fingerprint density at radius 3 is 2.61 bits per heavy atom. The summed E-state index contributed by atoms with van der Waals surface area (Å²) < 4.78 is 1.44. The molecule has 10 heteroatoms. The smallest absolute Gasteiger partial charge is 0.354 e. The first-order chi connectivity index (χ1) is 15.0. The second-order valence-electron chi connectivity index (χ2n) is 8.05. The van der Waals surface area contributed by atoms with Gasteiger partial charge in [0.1, 0.15) is 5.82 Å². The number of rotatable bonds is 4. The summed E-state index contributed by atoms with van der Waals surface area (Å²) in [7, 11) is 0. The lowest BCUT2D eigenvalue weighted by Gasteiger charge is -2.34. The van der Waals surface area contributed by atoms with Crippen molar-refractivity contribution in [3.8, 4) is 5.69 Å². The molecule has 2 aliphatic heterocycles. The Bertz CT molecular complexity index is 956. The highest BCUT2D eigenvalue weighted by Crippen LogP contribution is 2.15.